The molecule has 0 aliphatic rings. The van der Waals surface area contributed by atoms with E-state index in [4.69, 9.17) is 4.42 Å². The first-order valence-electron chi connectivity index (χ1n) is 9.24. The summed E-state index contributed by atoms with van der Waals surface area (Å²) in [6, 6.07) is 15.3. The van der Waals surface area contributed by atoms with Crippen molar-refractivity contribution in [3.63, 3.8) is 0 Å². The highest BCUT2D eigenvalue weighted by Crippen LogP contribution is 2.22. The van der Waals surface area contributed by atoms with Crippen LogP contribution in [0.5, 0.6) is 0 Å². The van der Waals surface area contributed by atoms with Crippen molar-refractivity contribution >= 4 is 27.9 Å². The smallest absolute Gasteiger partial charge is 0.270 e. The minimum Gasteiger partial charge on any atom is -0.461 e. The molecule has 1 amide bonds. The molecule has 0 radical (unpaired) electrons. The molecule has 0 aliphatic carbocycles. The van der Waals surface area contributed by atoms with Crippen LogP contribution >= 0.6 is 0 Å². The van der Waals surface area contributed by atoms with Gasteiger partial charge in [-0.05, 0) is 48.4 Å². The third-order valence-corrected chi connectivity index (χ3v) is 4.55. The quantitative estimate of drug-likeness (QED) is 0.544. The molecule has 136 valence electrons. The number of amides is 1. The minimum atomic E-state index is -0.205. The van der Waals surface area contributed by atoms with Gasteiger partial charge in [0.05, 0.1) is 11.0 Å². The van der Waals surface area contributed by atoms with Gasteiger partial charge in [-0.25, -0.2) is 4.98 Å². The molecule has 1 N–H and O–H groups in total. The molecule has 0 fully saturated rings. The third-order valence-electron chi connectivity index (χ3n) is 4.55. The number of nitrogens with zero attached hydrogens (tertiary/aromatic N) is 2. The highest BCUT2D eigenvalue weighted by molar-refractivity contribution is 5.94. The maximum absolute atomic E-state index is 12.4. The summed E-state index contributed by atoms with van der Waals surface area (Å²) < 4.78 is 5.92. The number of aromatic nitrogens is 2. The second-order valence-corrected chi connectivity index (χ2v) is 6.61. The third kappa shape index (κ3) is 3.82. The number of carbonyl (C=O) groups excluding carboxylic acids is 1. The molecule has 0 unspecified atom stereocenters. The Balaban J connectivity index is 1.46. The van der Waals surface area contributed by atoms with Gasteiger partial charge in [-0.1, -0.05) is 25.5 Å². The van der Waals surface area contributed by atoms with E-state index in [-0.39, 0.29) is 5.91 Å². The SMILES string of the molecule is CCCCc1cc2ccc(CNC(=O)c3ccc4ncccc4n3)cc2o1. The number of furan rings is 1. The van der Waals surface area contributed by atoms with E-state index in [2.05, 4.69) is 28.3 Å². The highest BCUT2D eigenvalue weighted by atomic mass is 16.3. The number of carbonyl (C=O) groups is 1. The van der Waals surface area contributed by atoms with E-state index >= 15 is 0 Å². The van der Waals surface area contributed by atoms with E-state index in [1.54, 1.807) is 12.3 Å². The van der Waals surface area contributed by atoms with Crippen molar-refractivity contribution < 1.29 is 9.21 Å². The molecule has 0 saturated heterocycles. The molecule has 0 aliphatic heterocycles. The molecule has 0 saturated carbocycles. The molecule has 5 nitrogen and oxygen atoms in total. The molecule has 0 spiro atoms. The molecular formula is C22H21N3O2. The Morgan fingerprint density at radius 2 is 2.04 bits per heavy atom. The number of benzene rings is 1. The summed E-state index contributed by atoms with van der Waals surface area (Å²) in [7, 11) is 0. The Hall–Kier alpha value is -3.21. The summed E-state index contributed by atoms with van der Waals surface area (Å²) in [6.07, 6.45) is 4.94. The first kappa shape index (κ1) is 17.2. The number of hydrogen-bond acceptors (Lipinski definition) is 4. The Morgan fingerprint density at radius 1 is 1.11 bits per heavy atom. The molecule has 3 aromatic heterocycles. The van der Waals surface area contributed by atoms with Gasteiger partial charge in [0.2, 0.25) is 0 Å². The summed E-state index contributed by atoms with van der Waals surface area (Å²) in [6.45, 7) is 2.59. The molecule has 0 atom stereocenters. The van der Waals surface area contributed by atoms with Gasteiger partial charge in [0, 0.05) is 24.5 Å². The lowest BCUT2D eigenvalue weighted by molar-refractivity contribution is 0.0946. The molecule has 4 rings (SSSR count). The fourth-order valence-electron chi connectivity index (χ4n) is 3.07. The van der Waals surface area contributed by atoms with Crippen molar-refractivity contribution in [2.24, 2.45) is 0 Å². The van der Waals surface area contributed by atoms with Crippen LogP contribution in [0.1, 0.15) is 41.6 Å². The van der Waals surface area contributed by atoms with E-state index in [1.165, 1.54) is 0 Å². The van der Waals surface area contributed by atoms with Crippen molar-refractivity contribution in [3.8, 4) is 0 Å². The standard InChI is InChI=1S/C22H21N3O2/c1-2-3-5-17-13-16-8-7-15(12-21(16)27-17)14-24-22(26)20-10-9-18-19(25-20)6-4-11-23-18/h4,6-13H,2-3,5,14H2,1H3,(H,24,26). The monoisotopic (exact) mass is 359 g/mol. The molecule has 4 aromatic rings. The van der Waals surface area contributed by atoms with Crippen molar-refractivity contribution in [3.05, 3.63) is 71.7 Å². The van der Waals surface area contributed by atoms with Crippen molar-refractivity contribution in [2.45, 2.75) is 32.7 Å². The predicted octanol–water partition coefficient (Wildman–Crippen LogP) is 4.65. The summed E-state index contributed by atoms with van der Waals surface area (Å²) >= 11 is 0. The van der Waals surface area contributed by atoms with Crippen LogP contribution in [-0.2, 0) is 13.0 Å². The second-order valence-electron chi connectivity index (χ2n) is 6.61. The number of rotatable bonds is 6. The number of hydrogen-bond donors (Lipinski definition) is 1. The van der Waals surface area contributed by atoms with Crippen LogP contribution < -0.4 is 5.32 Å². The van der Waals surface area contributed by atoms with E-state index < -0.39 is 0 Å². The van der Waals surface area contributed by atoms with E-state index in [0.717, 1.165) is 47.1 Å². The Morgan fingerprint density at radius 3 is 2.93 bits per heavy atom. The molecular weight excluding hydrogens is 338 g/mol. The number of pyridine rings is 2. The second kappa shape index (κ2) is 7.58. The molecule has 0 bridgehead atoms. The van der Waals surface area contributed by atoms with Crippen molar-refractivity contribution in [1.29, 1.82) is 0 Å². The van der Waals surface area contributed by atoms with Gasteiger partial charge in [-0.15, -0.1) is 0 Å². The number of unbranched alkanes of at least 4 members (excludes halogenated alkanes) is 1. The molecule has 3 heterocycles. The Bertz CT molecular complexity index is 1100. The van der Waals surface area contributed by atoms with Gasteiger partial charge in [-0.2, -0.15) is 0 Å². The van der Waals surface area contributed by atoms with Crippen LogP contribution in [0.25, 0.3) is 22.0 Å². The van der Waals surface area contributed by atoms with Crippen LogP contribution in [0.4, 0.5) is 0 Å². The zero-order valence-electron chi connectivity index (χ0n) is 15.2. The predicted molar refractivity (Wildman–Crippen MR) is 106 cm³/mol. The number of nitrogens with one attached hydrogen (secondary N) is 1. The van der Waals surface area contributed by atoms with Gasteiger partial charge < -0.3 is 9.73 Å². The zero-order valence-corrected chi connectivity index (χ0v) is 15.2. The first-order chi connectivity index (χ1) is 13.2. The normalized spacial score (nSPS) is 11.1. The van der Waals surface area contributed by atoms with E-state index in [0.29, 0.717) is 17.8 Å². The zero-order chi connectivity index (χ0) is 18.6. The lowest BCUT2D eigenvalue weighted by atomic mass is 10.1. The fourth-order valence-corrected chi connectivity index (χ4v) is 3.07. The van der Waals surface area contributed by atoms with Gasteiger partial charge >= 0.3 is 0 Å². The lowest BCUT2D eigenvalue weighted by Gasteiger charge is -2.06. The summed E-state index contributed by atoms with van der Waals surface area (Å²) in [5.74, 6) is 0.811. The van der Waals surface area contributed by atoms with Gasteiger partial charge in [-0.3, -0.25) is 9.78 Å². The van der Waals surface area contributed by atoms with Crippen LogP contribution in [0, 0.1) is 0 Å². The van der Waals surface area contributed by atoms with Gasteiger partial charge in [0.1, 0.15) is 17.0 Å². The van der Waals surface area contributed by atoms with Crippen LogP contribution in [-0.4, -0.2) is 15.9 Å². The van der Waals surface area contributed by atoms with E-state index in [9.17, 15) is 4.79 Å². The van der Waals surface area contributed by atoms with Crippen LogP contribution in [0.2, 0.25) is 0 Å². The summed E-state index contributed by atoms with van der Waals surface area (Å²) in [5.41, 5.74) is 3.73. The van der Waals surface area contributed by atoms with Gasteiger partial charge in [0.15, 0.2) is 0 Å². The molecule has 27 heavy (non-hydrogen) atoms. The van der Waals surface area contributed by atoms with Crippen LogP contribution in [0.3, 0.4) is 0 Å². The average Bonchev–Trinajstić information content (AvgIpc) is 3.12. The number of fused-ring (bicyclic) bond motifs is 2. The topological polar surface area (TPSA) is 68.0 Å². The first-order valence-corrected chi connectivity index (χ1v) is 9.24. The Labute approximate surface area is 157 Å². The molecule has 1 aromatic carbocycles. The lowest BCUT2D eigenvalue weighted by Crippen LogP contribution is -2.23. The van der Waals surface area contributed by atoms with Crippen molar-refractivity contribution in [2.75, 3.05) is 0 Å². The summed E-state index contributed by atoms with van der Waals surface area (Å²) in [5, 5.41) is 4.02. The van der Waals surface area contributed by atoms with E-state index in [1.807, 2.05) is 36.4 Å². The average molecular weight is 359 g/mol. The fraction of sp³-hybridized carbons (Fsp3) is 0.227. The highest BCUT2D eigenvalue weighted by Gasteiger charge is 2.09. The van der Waals surface area contributed by atoms with Gasteiger partial charge in [0.25, 0.3) is 5.91 Å². The molecule has 5 heteroatoms. The maximum Gasteiger partial charge on any atom is 0.270 e. The van der Waals surface area contributed by atoms with Crippen LogP contribution in [0.15, 0.2) is 59.1 Å². The minimum absolute atomic E-state index is 0.205. The largest absolute Gasteiger partial charge is 0.461 e. The van der Waals surface area contributed by atoms with Crippen molar-refractivity contribution in [1.82, 2.24) is 15.3 Å². The summed E-state index contributed by atoms with van der Waals surface area (Å²) in [4.78, 5) is 21.0. The number of aryl methyl sites for hydroxylation is 1. The Kier molecular flexibility index (Phi) is 4.83. The maximum atomic E-state index is 12.4.